The number of amides is 2. The molecule has 9 nitrogen and oxygen atoms in total. The molecular formula is C20H26N6O3S2. The summed E-state index contributed by atoms with van der Waals surface area (Å²) in [5, 5.41) is 4.84. The third-order valence-electron chi connectivity index (χ3n) is 5.50. The largest absolute Gasteiger partial charge is 0.350 e. The van der Waals surface area contributed by atoms with Crippen molar-refractivity contribution in [2.75, 3.05) is 28.7 Å². The molecule has 31 heavy (non-hydrogen) atoms. The van der Waals surface area contributed by atoms with Crippen LogP contribution < -0.4 is 14.3 Å². The second-order valence-electron chi connectivity index (χ2n) is 7.84. The molecule has 1 unspecified atom stereocenters. The lowest BCUT2D eigenvalue weighted by Gasteiger charge is -2.39. The first-order valence-electron chi connectivity index (χ1n) is 9.99. The molecule has 3 heterocycles. The minimum absolute atomic E-state index is 0.311. The predicted molar refractivity (Wildman–Crippen MR) is 124 cm³/mol. The van der Waals surface area contributed by atoms with E-state index in [9.17, 15) is 13.2 Å². The average molecular weight is 463 g/mol. The van der Waals surface area contributed by atoms with Gasteiger partial charge < -0.3 is 10.6 Å². The van der Waals surface area contributed by atoms with Crippen LogP contribution in [0.3, 0.4) is 0 Å². The van der Waals surface area contributed by atoms with Gasteiger partial charge in [-0.25, -0.2) is 9.10 Å². The number of carbonyl (C=O) groups excluding carboxylic acids is 1. The van der Waals surface area contributed by atoms with Gasteiger partial charge in [0.25, 0.3) is 0 Å². The Bertz CT molecular complexity index is 1220. The lowest BCUT2D eigenvalue weighted by molar-refractivity contribution is 0.252. The van der Waals surface area contributed by atoms with Crippen molar-refractivity contribution in [3.8, 4) is 0 Å². The standard InChI is InChI=1S/C20H26N6O3S2/c1-14-19(17-8-4-5-9-18(17)30-14)26(20(21)27)31(28,29)25(16-11-22-24(3)13-16)15-7-6-10-23(2)12-15/h4-5,8-9,11,13,15H,6-7,10,12H2,1-3H3,(H2,21,27). The summed E-state index contributed by atoms with van der Waals surface area (Å²) in [6.07, 6.45) is 4.67. The number of nitrogens with two attached hydrogens (primary N) is 1. The van der Waals surface area contributed by atoms with Gasteiger partial charge in [-0.1, -0.05) is 18.2 Å². The normalized spacial score (nSPS) is 17.7. The molecule has 0 bridgehead atoms. The monoisotopic (exact) mass is 462 g/mol. The number of thiophene rings is 1. The van der Waals surface area contributed by atoms with Gasteiger partial charge in [-0.3, -0.25) is 4.68 Å². The van der Waals surface area contributed by atoms with Gasteiger partial charge >= 0.3 is 16.2 Å². The molecule has 4 rings (SSSR count). The van der Waals surface area contributed by atoms with Crippen LogP contribution in [0.4, 0.5) is 16.2 Å². The van der Waals surface area contributed by atoms with Crippen molar-refractivity contribution in [2.45, 2.75) is 25.8 Å². The van der Waals surface area contributed by atoms with Crippen LogP contribution in [0.25, 0.3) is 10.1 Å². The summed E-state index contributed by atoms with van der Waals surface area (Å²) >= 11 is 1.43. The summed E-state index contributed by atoms with van der Waals surface area (Å²) in [5.41, 5.74) is 6.43. The highest BCUT2D eigenvalue weighted by atomic mass is 32.2. The van der Waals surface area contributed by atoms with Gasteiger partial charge in [0.15, 0.2) is 0 Å². The highest BCUT2D eigenvalue weighted by Crippen LogP contribution is 2.40. The van der Waals surface area contributed by atoms with Gasteiger partial charge in [-0.2, -0.15) is 17.8 Å². The number of anilines is 2. The number of primary amides is 1. The molecule has 11 heteroatoms. The van der Waals surface area contributed by atoms with Gasteiger partial charge in [-0.15, -0.1) is 11.3 Å². The van der Waals surface area contributed by atoms with Crippen molar-refractivity contribution in [3.63, 3.8) is 0 Å². The van der Waals surface area contributed by atoms with E-state index in [2.05, 4.69) is 10.00 Å². The maximum absolute atomic E-state index is 14.1. The van der Waals surface area contributed by atoms with E-state index in [0.29, 0.717) is 34.6 Å². The Kier molecular flexibility index (Phi) is 5.67. The second-order valence-corrected chi connectivity index (χ2v) is 10.8. The highest BCUT2D eigenvalue weighted by molar-refractivity contribution is 7.95. The van der Waals surface area contributed by atoms with Crippen LogP contribution in [-0.4, -0.2) is 55.3 Å². The van der Waals surface area contributed by atoms with Gasteiger partial charge in [0.1, 0.15) is 0 Å². The molecule has 2 aromatic heterocycles. The Morgan fingerprint density at radius 3 is 2.68 bits per heavy atom. The van der Waals surface area contributed by atoms with E-state index in [0.717, 1.165) is 22.0 Å². The number of urea groups is 1. The quantitative estimate of drug-likeness (QED) is 0.628. The zero-order valence-electron chi connectivity index (χ0n) is 17.7. The van der Waals surface area contributed by atoms with Gasteiger partial charge in [0.05, 0.1) is 23.6 Å². The first kappa shape index (κ1) is 21.6. The molecule has 0 radical (unpaired) electrons. The van der Waals surface area contributed by atoms with E-state index in [1.807, 2.05) is 31.3 Å². The fourth-order valence-corrected chi connectivity index (χ4v) is 7.10. The Morgan fingerprint density at radius 1 is 1.29 bits per heavy atom. The van der Waals surface area contributed by atoms with Crippen molar-refractivity contribution in [3.05, 3.63) is 41.5 Å². The Hall–Kier alpha value is -2.63. The first-order chi connectivity index (χ1) is 14.7. The van der Waals surface area contributed by atoms with E-state index in [4.69, 9.17) is 5.73 Å². The summed E-state index contributed by atoms with van der Waals surface area (Å²) in [7, 11) is -0.657. The third-order valence-corrected chi connectivity index (χ3v) is 8.40. The first-order valence-corrected chi connectivity index (χ1v) is 12.2. The van der Waals surface area contributed by atoms with E-state index < -0.39 is 16.2 Å². The maximum atomic E-state index is 14.1. The van der Waals surface area contributed by atoms with Crippen molar-refractivity contribution in [1.82, 2.24) is 14.7 Å². The van der Waals surface area contributed by atoms with Gasteiger partial charge in [0, 0.05) is 34.8 Å². The van der Waals surface area contributed by atoms with Crippen LogP contribution in [0, 0.1) is 6.92 Å². The summed E-state index contributed by atoms with van der Waals surface area (Å²) in [6, 6.07) is 6.02. The molecule has 3 aromatic rings. The third kappa shape index (κ3) is 3.88. The summed E-state index contributed by atoms with van der Waals surface area (Å²) < 4.78 is 32.7. The fourth-order valence-electron chi connectivity index (χ4n) is 4.22. The molecule has 1 aromatic carbocycles. The zero-order chi connectivity index (χ0) is 22.3. The molecule has 1 atom stereocenters. The Balaban J connectivity index is 1.89. The number of nitrogens with zero attached hydrogens (tertiary/aromatic N) is 5. The van der Waals surface area contributed by atoms with Crippen LogP contribution >= 0.6 is 11.3 Å². The second kappa shape index (κ2) is 8.13. The lowest BCUT2D eigenvalue weighted by Crippen LogP contribution is -2.56. The smallest absolute Gasteiger partial charge is 0.334 e. The number of likely N-dealkylation sites (tertiary alicyclic amines) is 1. The zero-order valence-corrected chi connectivity index (χ0v) is 19.4. The minimum atomic E-state index is -4.34. The fraction of sp³-hybridized carbons (Fsp3) is 0.400. The number of hydrogen-bond acceptors (Lipinski definition) is 6. The molecule has 1 fully saturated rings. The summed E-state index contributed by atoms with van der Waals surface area (Å²) in [4.78, 5) is 15.4. The number of piperidine rings is 1. The molecule has 0 saturated carbocycles. The van der Waals surface area contributed by atoms with Crippen LogP contribution in [0.1, 0.15) is 17.7 Å². The molecule has 2 N–H and O–H groups in total. The van der Waals surface area contributed by atoms with E-state index in [-0.39, 0.29) is 6.04 Å². The molecule has 0 spiro atoms. The molecule has 166 valence electrons. The number of likely N-dealkylation sites (N-methyl/N-ethyl adjacent to an activating group) is 1. The number of aryl methyl sites for hydroxylation is 2. The molecular weight excluding hydrogens is 436 g/mol. The van der Waals surface area contributed by atoms with Crippen LogP contribution in [0.2, 0.25) is 0 Å². The van der Waals surface area contributed by atoms with Crippen LogP contribution in [0.5, 0.6) is 0 Å². The molecule has 0 aliphatic carbocycles. The van der Waals surface area contributed by atoms with E-state index in [1.165, 1.54) is 21.8 Å². The Morgan fingerprint density at radius 2 is 2.03 bits per heavy atom. The molecule has 1 aliphatic rings. The lowest BCUT2D eigenvalue weighted by atomic mass is 10.1. The van der Waals surface area contributed by atoms with Crippen molar-refractivity contribution in [1.29, 1.82) is 0 Å². The SMILES string of the molecule is Cc1sc2ccccc2c1N(C(N)=O)S(=O)(=O)N(c1cnn(C)c1)C1CCCN(C)C1. The number of benzene rings is 1. The number of hydrogen-bond donors (Lipinski definition) is 1. The highest BCUT2D eigenvalue weighted by Gasteiger charge is 2.41. The number of aromatic nitrogens is 2. The number of fused-ring (bicyclic) bond motifs is 1. The maximum Gasteiger partial charge on any atom is 0.334 e. The van der Waals surface area contributed by atoms with Crippen LogP contribution in [-0.2, 0) is 17.3 Å². The average Bonchev–Trinajstić information content (AvgIpc) is 3.25. The molecule has 2 amide bonds. The topological polar surface area (TPSA) is 105 Å². The Labute approximate surface area is 185 Å². The van der Waals surface area contributed by atoms with E-state index >= 15 is 0 Å². The number of rotatable bonds is 5. The summed E-state index contributed by atoms with van der Waals surface area (Å²) in [6.45, 7) is 3.24. The summed E-state index contributed by atoms with van der Waals surface area (Å²) in [5.74, 6) is 0. The van der Waals surface area contributed by atoms with Gasteiger partial charge in [-0.05, 0) is 39.4 Å². The van der Waals surface area contributed by atoms with Crippen molar-refractivity contribution < 1.29 is 13.2 Å². The minimum Gasteiger partial charge on any atom is -0.350 e. The van der Waals surface area contributed by atoms with Crippen molar-refractivity contribution >= 4 is 49.0 Å². The van der Waals surface area contributed by atoms with Crippen molar-refractivity contribution in [2.24, 2.45) is 12.8 Å². The van der Waals surface area contributed by atoms with E-state index in [1.54, 1.807) is 24.9 Å². The molecule has 1 saturated heterocycles. The number of carbonyl (C=O) groups is 1. The molecule has 1 aliphatic heterocycles. The van der Waals surface area contributed by atoms with Crippen LogP contribution in [0.15, 0.2) is 36.7 Å². The predicted octanol–water partition coefficient (Wildman–Crippen LogP) is 2.67. The van der Waals surface area contributed by atoms with Gasteiger partial charge in [0.2, 0.25) is 0 Å².